The van der Waals surface area contributed by atoms with E-state index < -0.39 is 11.2 Å². The molecule has 0 saturated heterocycles. The van der Waals surface area contributed by atoms with E-state index in [0.29, 0.717) is 11.8 Å². The summed E-state index contributed by atoms with van der Waals surface area (Å²) in [5.41, 5.74) is -1.07. The first-order valence-electron chi connectivity index (χ1n) is 8.62. The highest BCUT2D eigenvalue weighted by molar-refractivity contribution is 5.86. The highest BCUT2D eigenvalue weighted by Gasteiger charge is 2.67. The third-order valence-corrected chi connectivity index (χ3v) is 5.16. The molecule has 0 amide bonds. The number of allylic oxidation sites excluding steroid dienone is 2. The second kappa shape index (κ2) is 5.09. The average Bonchev–Trinajstić information content (AvgIpc) is 2.80. The van der Waals surface area contributed by atoms with Gasteiger partial charge in [0.1, 0.15) is 11.2 Å². The van der Waals surface area contributed by atoms with Crippen LogP contribution in [0.1, 0.15) is 48.0 Å². The molecule has 3 rings (SSSR count). The van der Waals surface area contributed by atoms with Gasteiger partial charge in [-0.1, -0.05) is 12.2 Å². The number of hydrogen-bond acceptors (Lipinski definition) is 4. The molecule has 2 saturated carbocycles. The molecule has 23 heavy (non-hydrogen) atoms. The van der Waals surface area contributed by atoms with E-state index in [4.69, 9.17) is 9.47 Å². The van der Waals surface area contributed by atoms with Gasteiger partial charge >= 0.3 is 11.9 Å². The normalized spacial score (nSPS) is 38.0. The topological polar surface area (TPSA) is 52.6 Å². The Morgan fingerprint density at radius 1 is 0.783 bits per heavy atom. The summed E-state index contributed by atoms with van der Waals surface area (Å²) in [7, 11) is 0. The van der Waals surface area contributed by atoms with Crippen LogP contribution in [0.25, 0.3) is 0 Å². The van der Waals surface area contributed by atoms with E-state index in [1.165, 1.54) is 0 Å². The van der Waals surface area contributed by atoms with Gasteiger partial charge in [0.15, 0.2) is 0 Å². The van der Waals surface area contributed by atoms with Crippen molar-refractivity contribution in [3.63, 3.8) is 0 Å². The Morgan fingerprint density at radius 3 is 1.43 bits per heavy atom. The highest BCUT2D eigenvalue weighted by Crippen LogP contribution is 2.64. The van der Waals surface area contributed by atoms with Gasteiger partial charge < -0.3 is 9.47 Å². The summed E-state index contributed by atoms with van der Waals surface area (Å²) in [6, 6.07) is 0. The van der Waals surface area contributed by atoms with Crippen LogP contribution in [0.3, 0.4) is 0 Å². The van der Waals surface area contributed by atoms with Crippen LogP contribution < -0.4 is 0 Å². The maximum Gasteiger partial charge on any atom is 0.310 e. The largest absolute Gasteiger partial charge is 0.460 e. The van der Waals surface area contributed by atoms with Crippen LogP contribution in [0.2, 0.25) is 0 Å². The number of rotatable bonds is 2. The zero-order chi connectivity index (χ0) is 17.2. The zero-order valence-electron chi connectivity index (χ0n) is 15.0. The molecule has 0 aromatic carbocycles. The van der Waals surface area contributed by atoms with Crippen molar-refractivity contribution < 1.29 is 19.1 Å². The van der Waals surface area contributed by atoms with E-state index in [2.05, 4.69) is 12.2 Å². The summed E-state index contributed by atoms with van der Waals surface area (Å²) in [6.45, 7) is 11.2. The van der Waals surface area contributed by atoms with E-state index in [9.17, 15) is 9.59 Å². The molecular weight excluding hydrogens is 292 g/mol. The average molecular weight is 320 g/mol. The van der Waals surface area contributed by atoms with Crippen LogP contribution in [0.4, 0.5) is 0 Å². The minimum absolute atomic E-state index is 0.240. The number of ether oxygens (including phenoxy) is 2. The van der Waals surface area contributed by atoms with Gasteiger partial charge in [0.25, 0.3) is 0 Å². The fourth-order valence-electron chi connectivity index (χ4n) is 4.59. The Bertz CT molecular complexity index is 501. The Kier molecular flexibility index (Phi) is 3.66. The van der Waals surface area contributed by atoms with Gasteiger partial charge in [0, 0.05) is 0 Å². The summed E-state index contributed by atoms with van der Waals surface area (Å²) in [5.74, 6) is 0.145. The summed E-state index contributed by atoms with van der Waals surface area (Å²) < 4.78 is 11.2. The van der Waals surface area contributed by atoms with Crippen molar-refractivity contribution in [1.82, 2.24) is 0 Å². The first-order chi connectivity index (χ1) is 10.5. The van der Waals surface area contributed by atoms with Crippen LogP contribution in [-0.2, 0) is 19.1 Å². The SMILES string of the molecule is CC(C)(C)OC(=O)[C@H]1C2C3C=CC(C3)C2[C@@H]1C(=O)OC(C)(C)C. The van der Waals surface area contributed by atoms with Gasteiger partial charge in [-0.15, -0.1) is 0 Å². The lowest BCUT2D eigenvalue weighted by Crippen LogP contribution is -2.57. The third-order valence-electron chi connectivity index (χ3n) is 5.16. The van der Waals surface area contributed by atoms with Crippen LogP contribution in [0, 0.1) is 35.5 Å². The van der Waals surface area contributed by atoms with Gasteiger partial charge in [-0.3, -0.25) is 9.59 Å². The third kappa shape index (κ3) is 2.92. The maximum absolute atomic E-state index is 12.7. The molecule has 0 heterocycles. The zero-order valence-corrected chi connectivity index (χ0v) is 15.0. The molecule has 0 radical (unpaired) electrons. The lowest BCUT2D eigenvalue weighted by Gasteiger charge is -2.50. The Hall–Kier alpha value is -1.32. The summed E-state index contributed by atoms with van der Waals surface area (Å²) in [4.78, 5) is 25.4. The standard InChI is InChI=1S/C19H28O4/c1-18(2,3)22-16(20)14-12-10-7-8-11(9-10)13(12)15(14)17(21)23-19(4,5)6/h7-8,10-15H,9H2,1-6H3/t10?,11?,12?,13?,14-,15-/m0/s1. The van der Waals surface area contributed by atoms with Crippen LogP contribution >= 0.6 is 0 Å². The lowest BCUT2D eigenvalue weighted by molar-refractivity contribution is -0.195. The molecule has 3 aliphatic carbocycles. The summed E-state index contributed by atoms with van der Waals surface area (Å²) in [6.07, 6.45) is 5.50. The molecule has 4 heteroatoms. The smallest absolute Gasteiger partial charge is 0.310 e. The maximum atomic E-state index is 12.7. The fraction of sp³-hybridized carbons (Fsp3) is 0.789. The van der Waals surface area contributed by atoms with E-state index >= 15 is 0 Å². The molecule has 6 atom stereocenters. The predicted octanol–water partition coefficient (Wildman–Crippen LogP) is 3.35. The van der Waals surface area contributed by atoms with Gasteiger partial charge in [-0.2, -0.15) is 0 Å². The summed E-state index contributed by atoms with van der Waals surface area (Å²) in [5, 5.41) is 0. The van der Waals surface area contributed by atoms with Crippen LogP contribution in [0.15, 0.2) is 12.2 Å². The van der Waals surface area contributed by atoms with Crippen molar-refractivity contribution >= 4 is 11.9 Å². The molecule has 2 bridgehead atoms. The number of carbonyl (C=O) groups excluding carboxylic acids is 2. The molecule has 2 fully saturated rings. The number of hydrogen-bond donors (Lipinski definition) is 0. The number of esters is 2. The van der Waals surface area contributed by atoms with E-state index in [0.717, 1.165) is 6.42 Å². The Balaban J connectivity index is 1.82. The second-order valence-corrected chi connectivity index (χ2v) is 9.22. The molecule has 4 unspecified atom stereocenters. The monoisotopic (exact) mass is 320 g/mol. The first kappa shape index (κ1) is 16.5. The van der Waals surface area contributed by atoms with Crippen molar-refractivity contribution in [2.45, 2.75) is 59.2 Å². The van der Waals surface area contributed by atoms with Crippen molar-refractivity contribution in [2.24, 2.45) is 35.5 Å². The molecule has 0 aromatic heterocycles. The molecule has 0 spiro atoms. The predicted molar refractivity (Wildman–Crippen MR) is 86.4 cm³/mol. The molecule has 128 valence electrons. The van der Waals surface area contributed by atoms with Crippen LogP contribution in [0.5, 0.6) is 0 Å². The van der Waals surface area contributed by atoms with Gasteiger partial charge in [0.2, 0.25) is 0 Å². The van der Waals surface area contributed by atoms with Gasteiger partial charge in [-0.25, -0.2) is 0 Å². The van der Waals surface area contributed by atoms with Gasteiger partial charge in [0.05, 0.1) is 11.8 Å². The Morgan fingerprint density at radius 2 is 1.13 bits per heavy atom. The fourth-order valence-corrected chi connectivity index (χ4v) is 4.59. The molecular formula is C19H28O4. The molecule has 3 aliphatic rings. The molecule has 0 aromatic rings. The number of fused-ring (bicyclic) bond motifs is 5. The Labute approximate surface area is 138 Å². The van der Waals surface area contributed by atoms with Crippen LogP contribution in [-0.4, -0.2) is 23.1 Å². The number of carbonyl (C=O) groups is 2. The first-order valence-corrected chi connectivity index (χ1v) is 8.62. The summed E-state index contributed by atoms with van der Waals surface area (Å²) >= 11 is 0. The van der Waals surface area contributed by atoms with Gasteiger partial charge in [-0.05, 0) is 71.6 Å². The van der Waals surface area contributed by atoms with Crippen molar-refractivity contribution in [3.8, 4) is 0 Å². The minimum atomic E-state index is -0.534. The quantitative estimate of drug-likeness (QED) is 0.578. The van der Waals surface area contributed by atoms with Crippen molar-refractivity contribution in [1.29, 1.82) is 0 Å². The minimum Gasteiger partial charge on any atom is -0.460 e. The molecule has 0 aliphatic heterocycles. The van der Waals surface area contributed by atoms with Crippen molar-refractivity contribution in [3.05, 3.63) is 12.2 Å². The van der Waals surface area contributed by atoms with E-state index in [-0.39, 0.29) is 35.6 Å². The van der Waals surface area contributed by atoms with Crippen molar-refractivity contribution in [2.75, 3.05) is 0 Å². The lowest BCUT2D eigenvalue weighted by atomic mass is 9.53. The second-order valence-electron chi connectivity index (χ2n) is 9.22. The van der Waals surface area contributed by atoms with E-state index in [1.54, 1.807) is 0 Å². The van der Waals surface area contributed by atoms with E-state index in [1.807, 2.05) is 41.5 Å². The molecule has 4 nitrogen and oxygen atoms in total. The molecule has 0 N–H and O–H groups in total. The highest BCUT2D eigenvalue weighted by atomic mass is 16.6.